The zero-order valence-corrected chi connectivity index (χ0v) is 14.6. The summed E-state index contributed by atoms with van der Waals surface area (Å²) in [6.45, 7) is 1.81. The van der Waals surface area contributed by atoms with Crippen molar-refractivity contribution in [3.8, 4) is 0 Å². The van der Waals surface area contributed by atoms with Gasteiger partial charge in [-0.25, -0.2) is 8.42 Å². The summed E-state index contributed by atoms with van der Waals surface area (Å²) in [5.74, 6) is 0.223. The fourth-order valence-corrected chi connectivity index (χ4v) is 7.27. The smallest absolute Gasteiger partial charge is 0.250 e. The van der Waals surface area contributed by atoms with Gasteiger partial charge in [0.15, 0.2) is 9.84 Å². The van der Waals surface area contributed by atoms with E-state index in [1.165, 1.54) is 17.8 Å². The highest BCUT2D eigenvalue weighted by atomic mass is 32.2. The predicted octanol–water partition coefficient (Wildman–Crippen LogP) is 3.39. The van der Waals surface area contributed by atoms with Crippen LogP contribution in [0.15, 0.2) is 4.21 Å². The second kappa shape index (κ2) is 5.96. The molecule has 1 heterocycles. The number of thiophene rings is 1. The molecule has 0 aliphatic heterocycles. The molecule has 2 fully saturated rings. The first-order valence-corrected chi connectivity index (χ1v) is 10.5. The maximum atomic E-state index is 12.8. The molecule has 0 bridgehead atoms. The molecule has 0 saturated heterocycles. The molecule has 2 aliphatic carbocycles. The Morgan fingerprint density at radius 3 is 2.36 bits per heavy atom. The van der Waals surface area contributed by atoms with Crippen LogP contribution in [0, 0.1) is 12.8 Å². The van der Waals surface area contributed by atoms with Gasteiger partial charge in [0.1, 0.15) is 4.21 Å². The van der Waals surface area contributed by atoms with Crippen LogP contribution in [0.1, 0.15) is 71.7 Å². The van der Waals surface area contributed by atoms with Crippen molar-refractivity contribution in [2.24, 2.45) is 11.7 Å². The van der Waals surface area contributed by atoms with Crippen molar-refractivity contribution in [2.45, 2.75) is 62.0 Å². The predicted molar refractivity (Wildman–Crippen MR) is 88.2 cm³/mol. The molecule has 3 rings (SSSR count). The molecule has 2 aliphatic rings. The zero-order chi connectivity index (χ0) is 15.9. The molecule has 0 aromatic carbocycles. The third-order valence-electron chi connectivity index (χ3n) is 4.78. The van der Waals surface area contributed by atoms with Crippen LogP contribution >= 0.6 is 11.3 Å². The fourth-order valence-electron chi connectivity index (χ4n) is 3.51. The first-order chi connectivity index (χ1) is 10.4. The second-order valence-electron chi connectivity index (χ2n) is 6.66. The minimum atomic E-state index is -3.30. The molecule has 0 radical (unpaired) electrons. The van der Waals surface area contributed by atoms with Crippen LogP contribution in [0.2, 0.25) is 0 Å². The van der Waals surface area contributed by atoms with Crippen molar-refractivity contribution in [3.05, 3.63) is 16.0 Å². The molecular formula is C16H23NO3S2. The van der Waals surface area contributed by atoms with Gasteiger partial charge in [-0.05, 0) is 50.0 Å². The van der Waals surface area contributed by atoms with E-state index in [0.29, 0.717) is 15.7 Å². The number of rotatable bonds is 5. The van der Waals surface area contributed by atoms with E-state index < -0.39 is 15.7 Å². The van der Waals surface area contributed by atoms with Crippen LogP contribution in [-0.2, 0) is 9.84 Å². The highest BCUT2D eigenvalue weighted by Gasteiger charge is 2.36. The van der Waals surface area contributed by atoms with Crippen molar-refractivity contribution in [3.63, 3.8) is 0 Å². The lowest BCUT2D eigenvalue weighted by molar-refractivity contribution is 0.0998. The highest BCUT2D eigenvalue weighted by Crippen LogP contribution is 2.44. The number of hydrogen-bond donors (Lipinski definition) is 1. The number of nitrogens with two attached hydrogens (primary N) is 1. The van der Waals surface area contributed by atoms with E-state index in [2.05, 4.69) is 0 Å². The van der Waals surface area contributed by atoms with Crippen LogP contribution in [0.5, 0.6) is 0 Å². The number of carbonyl (C=O) groups is 1. The molecule has 0 atom stereocenters. The maximum absolute atomic E-state index is 12.8. The van der Waals surface area contributed by atoms with Crippen molar-refractivity contribution < 1.29 is 13.2 Å². The van der Waals surface area contributed by atoms with Gasteiger partial charge in [-0.2, -0.15) is 0 Å². The number of hydrogen-bond acceptors (Lipinski definition) is 4. The van der Waals surface area contributed by atoms with Crippen molar-refractivity contribution in [1.82, 2.24) is 0 Å². The monoisotopic (exact) mass is 341 g/mol. The number of sulfone groups is 1. The Labute approximate surface area is 136 Å². The lowest BCUT2D eigenvalue weighted by atomic mass is 9.83. The molecule has 0 unspecified atom stereocenters. The molecule has 0 spiro atoms. The molecule has 1 amide bonds. The molecule has 1 aromatic heterocycles. The highest BCUT2D eigenvalue weighted by molar-refractivity contribution is 7.93. The zero-order valence-electron chi connectivity index (χ0n) is 12.9. The first-order valence-electron chi connectivity index (χ1n) is 8.06. The Hall–Kier alpha value is -0.880. The normalized spacial score (nSPS) is 20.2. The van der Waals surface area contributed by atoms with E-state index in [-0.39, 0.29) is 11.7 Å². The summed E-state index contributed by atoms with van der Waals surface area (Å²) in [6.07, 6.45) is 7.32. The largest absolute Gasteiger partial charge is 0.366 e. The first kappa shape index (κ1) is 16.0. The molecule has 2 N–H and O–H groups in total. The van der Waals surface area contributed by atoms with Crippen LogP contribution in [-0.4, -0.2) is 20.1 Å². The topological polar surface area (TPSA) is 77.2 Å². The summed E-state index contributed by atoms with van der Waals surface area (Å²) in [4.78, 5) is 12.6. The summed E-state index contributed by atoms with van der Waals surface area (Å²) in [5, 5.41) is 0. The quantitative estimate of drug-likeness (QED) is 0.892. The third kappa shape index (κ3) is 3.08. The molecule has 4 nitrogen and oxygen atoms in total. The average Bonchev–Trinajstić information content (AvgIpc) is 3.18. The number of primary amides is 1. The molecule has 122 valence electrons. The van der Waals surface area contributed by atoms with Crippen LogP contribution < -0.4 is 5.73 Å². The SMILES string of the molecule is Cc1sc(S(=O)(=O)CC2CC2)c(C2CCCCC2)c1C(N)=O. The van der Waals surface area contributed by atoms with Crippen molar-refractivity contribution >= 4 is 27.1 Å². The van der Waals surface area contributed by atoms with Gasteiger partial charge < -0.3 is 5.73 Å². The van der Waals surface area contributed by atoms with Gasteiger partial charge in [0.05, 0.1) is 11.3 Å². The maximum Gasteiger partial charge on any atom is 0.250 e. The Balaban J connectivity index is 2.08. The molecule has 22 heavy (non-hydrogen) atoms. The molecular weight excluding hydrogens is 318 g/mol. The summed E-state index contributed by atoms with van der Waals surface area (Å²) < 4.78 is 26.0. The molecule has 2 saturated carbocycles. The van der Waals surface area contributed by atoms with E-state index in [0.717, 1.165) is 49.0 Å². The van der Waals surface area contributed by atoms with Gasteiger partial charge in [0.25, 0.3) is 0 Å². The molecule has 6 heteroatoms. The lowest BCUT2D eigenvalue weighted by Crippen LogP contribution is -2.18. The second-order valence-corrected chi connectivity index (χ2v) is 10.1. The number of aryl methyl sites for hydroxylation is 1. The fraction of sp³-hybridized carbons (Fsp3) is 0.688. The Kier molecular flexibility index (Phi) is 4.34. The van der Waals surface area contributed by atoms with E-state index in [1.807, 2.05) is 6.92 Å². The number of carbonyl (C=O) groups excluding carboxylic acids is 1. The van der Waals surface area contributed by atoms with E-state index in [4.69, 9.17) is 5.73 Å². The van der Waals surface area contributed by atoms with Crippen molar-refractivity contribution in [2.75, 3.05) is 5.75 Å². The van der Waals surface area contributed by atoms with Crippen LogP contribution in [0.25, 0.3) is 0 Å². The standard InChI is InChI=1S/C16H23NO3S2/c1-10-13(15(17)18)14(12-5-3-2-4-6-12)16(21-10)22(19,20)9-11-7-8-11/h11-12H,2-9H2,1H3,(H2,17,18). The van der Waals surface area contributed by atoms with Gasteiger partial charge in [-0.1, -0.05) is 19.3 Å². The summed E-state index contributed by atoms with van der Waals surface area (Å²) in [6, 6.07) is 0. The Bertz CT molecular complexity index is 680. The van der Waals surface area contributed by atoms with E-state index >= 15 is 0 Å². The van der Waals surface area contributed by atoms with Crippen LogP contribution in [0.4, 0.5) is 0 Å². The lowest BCUT2D eigenvalue weighted by Gasteiger charge is -2.23. The van der Waals surface area contributed by atoms with E-state index in [9.17, 15) is 13.2 Å². The van der Waals surface area contributed by atoms with Gasteiger partial charge in [0.2, 0.25) is 5.91 Å². The summed E-state index contributed by atoms with van der Waals surface area (Å²) >= 11 is 1.25. The third-order valence-corrected chi connectivity index (χ3v) is 8.40. The van der Waals surface area contributed by atoms with Gasteiger partial charge >= 0.3 is 0 Å². The number of amides is 1. The Morgan fingerprint density at radius 2 is 1.82 bits per heavy atom. The minimum absolute atomic E-state index is 0.171. The van der Waals surface area contributed by atoms with Gasteiger partial charge in [0, 0.05) is 4.88 Å². The van der Waals surface area contributed by atoms with Crippen molar-refractivity contribution in [1.29, 1.82) is 0 Å². The van der Waals surface area contributed by atoms with Crippen LogP contribution in [0.3, 0.4) is 0 Å². The van der Waals surface area contributed by atoms with Gasteiger partial charge in [-0.15, -0.1) is 11.3 Å². The summed E-state index contributed by atoms with van der Waals surface area (Å²) in [5.41, 5.74) is 6.79. The van der Waals surface area contributed by atoms with Gasteiger partial charge in [-0.3, -0.25) is 4.79 Å². The Morgan fingerprint density at radius 1 is 1.18 bits per heavy atom. The van der Waals surface area contributed by atoms with E-state index in [1.54, 1.807) is 0 Å². The summed E-state index contributed by atoms with van der Waals surface area (Å²) in [7, 11) is -3.30. The average molecular weight is 341 g/mol. The molecule has 1 aromatic rings. The minimum Gasteiger partial charge on any atom is -0.366 e.